The van der Waals surface area contributed by atoms with Crippen LogP contribution in [0, 0.1) is 0 Å². The van der Waals surface area contributed by atoms with Crippen molar-refractivity contribution in [1.82, 2.24) is 19.8 Å². The van der Waals surface area contributed by atoms with Crippen molar-refractivity contribution in [1.29, 1.82) is 0 Å². The van der Waals surface area contributed by atoms with Crippen LogP contribution < -0.4 is 9.47 Å². The number of carbonyl (C=O) groups excluding carboxylic acids is 1. The number of ether oxygens (including phenoxy) is 2. The summed E-state index contributed by atoms with van der Waals surface area (Å²) >= 11 is 0. The summed E-state index contributed by atoms with van der Waals surface area (Å²) in [6.07, 6.45) is 3.72. The number of nitrogens with zero attached hydrogens (tertiary/aromatic N) is 4. The topological polar surface area (TPSA) is 67.8 Å². The normalized spacial score (nSPS) is 23.3. The molecule has 10 heteroatoms. The number of benzene rings is 1. The molecule has 0 spiro atoms. The third-order valence-electron chi connectivity index (χ3n) is 6.43. The first kappa shape index (κ1) is 21.9. The van der Waals surface area contributed by atoms with E-state index in [-0.39, 0.29) is 24.5 Å². The summed E-state index contributed by atoms with van der Waals surface area (Å²) in [6.45, 7) is 0.641. The van der Waals surface area contributed by atoms with Crippen LogP contribution in [-0.2, 0) is 11.0 Å². The summed E-state index contributed by atoms with van der Waals surface area (Å²) in [5.41, 5.74) is 0.195. The summed E-state index contributed by atoms with van der Waals surface area (Å²) in [7, 11) is 0. The minimum absolute atomic E-state index is 0.0173. The van der Waals surface area contributed by atoms with E-state index in [9.17, 15) is 18.0 Å². The second-order valence-corrected chi connectivity index (χ2v) is 8.77. The van der Waals surface area contributed by atoms with E-state index in [1.165, 1.54) is 12.1 Å². The van der Waals surface area contributed by atoms with Crippen molar-refractivity contribution in [2.45, 2.75) is 56.5 Å². The number of hydrogen-bond donors (Lipinski definition) is 0. The molecule has 0 unspecified atom stereocenters. The molecule has 0 N–H and O–H groups in total. The largest absolute Gasteiger partial charge is 0.484 e. The highest BCUT2D eigenvalue weighted by Gasteiger charge is 2.40. The van der Waals surface area contributed by atoms with E-state index in [1.807, 2.05) is 0 Å². The van der Waals surface area contributed by atoms with Crippen LogP contribution in [0.3, 0.4) is 0 Å². The molecule has 2 saturated heterocycles. The highest BCUT2D eigenvalue weighted by Crippen LogP contribution is 2.39. The lowest BCUT2D eigenvalue weighted by molar-refractivity contribution is -0.141. The van der Waals surface area contributed by atoms with Crippen LogP contribution in [-0.4, -0.2) is 57.8 Å². The van der Waals surface area contributed by atoms with Gasteiger partial charge in [0.15, 0.2) is 12.8 Å². The minimum Gasteiger partial charge on any atom is -0.484 e. The van der Waals surface area contributed by atoms with Gasteiger partial charge in [-0.25, -0.2) is 9.88 Å². The van der Waals surface area contributed by atoms with Crippen LogP contribution in [0.15, 0.2) is 36.7 Å². The molecule has 2 aliphatic heterocycles. The first-order valence-corrected chi connectivity index (χ1v) is 11.2. The molecule has 176 valence electrons. The number of rotatable bonds is 6. The monoisotopic (exact) mass is 462 g/mol. The lowest BCUT2D eigenvalue weighted by atomic mass is 10.1. The Morgan fingerprint density at radius 2 is 1.94 bits per heavy atom. The van der Waals surface area contributed by atoms with Gasteiger partial charge >= 0.3 is 6.18 Å². The maximum Gasteiger partial charge on any atom is 0.416 e. The van der Waals surface area contributed by atoms with Crippen molar-refractivity contribution in [3.05, 3.63) is 47.9 Å². The fourth-order valence-electron chi connectivity index (χ4n) is 4.44. The van der Waals surface area contributed by atoms with Gasteiger partial charge in [-0.3, -0.25) is 9.78 Å². The summed E-state index contributed by atoms with van der Waals surface area (Å²) in [6, 6.07) is 4.87. The third kappa shape index (κ3) is 5.05. The molecule has 33 heavy (non-hydrogen) atoms. The Labute approximate surface area is 189 Å². The summed E-state index contributed by atoms with van der Waals surface area (Å²) in [5, 5.41) is 0. The van der Waals surface area contributed by atoms with E-state index in [1.54, 1.807) is 17.3 Å². The highest BCUT2D eigenvalue weighted by atomic mass is 19.4. The van der Waals surface area contributed by atoms with Crippen molar-refractivity contribution >= 4 is 5.91 Å². The Morgan fingerprint density at radius 1 is 1.09 bits per heavy atom. The lowest BCUT2D eigenvalue weighted by Gasteiger charge is -2.39. The second kappa shape index (κ2) is 8.81. The van der Waals surface area contributed by atoms with Crippen molar-refractivity contribution in [3.8, 4) is 11.6 Å². The zero-order chi connectivity index (χ0) is 23.0. The Morgan fingerprint density at radius 3 is 2.67 bits per heavy atom. The average molecular weight is 462 g/mol. The molecule has 0 bridgehead atoms. The van der Waals surface area contributed by atoms with Crippen LogP contribution in [0.5, 0.6) is 11.6 Å². The molecule has 1 aliphatic carbocycles. The van der Waals surface area contributed by atoms with Gasteiger partial charge in [-0.2, -0.15) is 13.2 Å². The van der Waals surface area contributed by atoms with Crippen LogP contribution in [0.2, 0.25) is 0 Å². The molecule has 5 rings (SSSR count). The molecule has 1 aromatic carbocycles. The van der Waals surface area contributed by atoms with E-state index in [0.29, 0.717) is 31.1 Å². The van der Waals surface area contributed by atoms with Gasteiger partial charge in [0.05, 0.1) is 30.3 Å². The Balaban J connectivity index is 1.16. The number of halogens is 3. The average Bonchev–Trinajstić information content (AvgIpc) is 3.59. The predicted octanol–water partition coefficient (Wildman–Crippen LogP) is 3.81. The Kier molecular flexibility index (Phi) is 5.86. The van der Waals surface area contributed by atoms with Crippen molar-refractivity contribution in [3.63, 3.8) is 0 Å². The number of hydrogen-bond acceptors (Lipinski definition) is 6. The summed E-state index contributed by atoms with van der Waals surface area (Å²) < 4.78 is 50.1. The van der Waals surface area contributed by atoms with Gasteiger partial charge in [-0.1, -0.05) is 6.07 Å². The summed E-state index contributed by atoms with van der Waals surface area (Å²) in [4.78, 5) is 25.3. The molecule has 1 saturated carbocycles. The maximum atomic E-state index is 12.9. The van der Waals surface area contributed by atoms with Gasteiger partial charge < -0.3 is 14.4 Å². The standard InChI is InChI=1S/C23H25F3N4O3/c24-23(25,26)16-2-1-3-18(10-16)32-13-21(31)29-9-8-17-6-7-22(30(17)14-29)33-20-12-27-19(11-28-20)15-4-5-15/h1-3,10-12,15,17,22H,4-9,13-14H2/t17-,22-/m0/s1. The maximum absolute atomic E-state index is 12.9. The molecular formula is C23H25F3N4O3. The zero-order valence-corrected chi connectivity index (χ0v) is 18.0. The van der Waals surface area contributed by atoms with Crippen molar-refractivity contribution < 1.29 is 27.4 Å². The molecule has 3 heterocycles. The van der Waals surface area contributed by atoms with Crippen molar-refractivity contribution in [2.75, 3.05) is 19.8 Å². The number of amides is 1. The van der Waals surface area contributed by atoms with Gasteiger partial charge in [-0.05, 0) is 50.3 Å². The molecule has 2 atom stereocenters. The van der Waals surface area contributed by atoms with Crippen LogP contribution in [0.4, 0.5) is 13.2 Å². The quantitative estimate of drug-likeness (QED) is 0.651. The highest BCUT2D eigenvalue weighted by molar-refractivity contribution is 5.77. The Hall–Kier alpha value is -2.88. The third-order valence-corrected chi connectivity index (χ3v) is 6.43. The zero-order valence-electron chi connectivity index (χ0n) is 18.0. The smallest absolute Gasteiger partial charge is 0.416 e. The number of aromatic nitrogens is 2. The fourth-order valence-corrected chi connectivity index (χ4v) is 4.44. The molecule has 0 radical (unpaired) electrons. The molecule has 3 fully saturated rings. The molecule has 1 amide bonds. The number of fused-ring (bicyclic) bond motifs is 1. The first-order valence-electron chi connectivity index (χ1n) is 11.2. The number of carbonyl (C=O) groups is 1. The van der Waals surface area contributed by atoms with Crippen LogP contribution >= 0.6 is 0 Å². The van der Waals surface area contributed by atoms with E-state index in [4.69, 9.17) is 9.47 Å². The minimum atomic E-state index is -4.46. The Bertz CT molecular complexity index is 997. The van der Waals surface area contributed by atoms with E-state index in [2.05, 4.69) is 14.9 Å². The van der Waals surface area contributed by atoms with E-state index < -0.39 is 11.7 Å². The predicted molar refractivity (Wildman–Crippen MR) is 111 cm³/mol. The number of alkyl halides is 3. The second-order valence-electron chi connectivity index (χ2n) is 8.77. The fraction of sp³-hybridized carbons (Fsp3) is 0.522. The van der Waals surface area contributed by atoms with Gasteiger partial charge in [0.25, 0.3) is 5.91 Å². The van der Waals surface area contributed by atoms with E-state index in [0.717, 1.165) is 49.9 Å². The van der Waals surface area contributed by atoms with Gasteiger partial charge in [0.1, 0.15) is 5.75 Å². The molecule has 3 aliphatic rings. The van der Waals surface area contributed by atoms with Gasteiger partial charge in [-0.15, -0.1) is 0 Å². The molecular weight excluding hydrogens is 437 g/mol. The van der Waals surface area contributed by atoms with Crippen LogP contribution in [0.1, 0.15) is 49.3 Å². The van der Waals surface area contributed by atoms with Crippen LogP contribution in [0.25, 0.3) is 0 Å². The molecule has 7 nitrogen and oxygen atoms in total. The molecule has 1 aromatic heterocycles. The van der Waals surface area contributed by atoms with E-state index >= 15 is 0 Å². The van der Waals surface area contributed by atoms with Gasteiger partial charge in [0, 0.05) is 18.5 Å². The van der Waals surface area contributed by atoms with Gasteiger partial charge in [0.2, 0.25) is 5.88 Å². The first-order chi connectivity index (χ1) is 15.9. The molecule has 2 aromatic rings. The summed E-state index contributed by atoms with van der Waals surface area (Å²) in [5.74, 6) is 0.748. The van der Waals surface area contributed by atoms with Crippen molar-refractivity contribution in [2.24, 2.45) is 0 Å². The SMILES string of the molecule is O=C(COc1cccc(C(F)(F)F)c1)N1CC[C@@H]2CC[C@H](Oc3cnc(C4CC4)cn3)N2C1. The lowest BCUT2D eigenvalue weighted by Crippen LogP contribution is -2.54.